The van der Waals surface area contributed by atoms with Crippen LogP contribution in [0.1, 0.15) is 106 Å². The quantitative estimate of drug-likeness (QED) is 0.127. The summed E-state index contributed by atoms with van der Waals surface area (Å²) in [6.07, 6.45) is 0. The molecule has 2 aromatic heterocycles. The highest BCUT2D eigenvalue weighted by Crippen LogP contribution is 2.56. The first kappa shape index (κ1) is 46.9. The van der Waals surface area contributed by atoms with E-state index in [1.54, 1.807) is 0 Å². The molecular formula is C96H91BN4Si2. The fourth-order valence-electron chi connectivity index (χ4n) is 15.5. The molecule has 17 rings (SSSR count). The Morgan fingerprint density at radius 1 is 0.311 bits per heavy atom. The molecule has 0 bridgehead atoms. The molecule has 0 amide bonds. The Labute approximate surface area is 639 Å². The van der Waals surface area contributed by atoms with Crippen LogP contribution in [-0.4, -0.2) is 32.0 Å². The molecule has 15 aromatic rings. The van der Waals surface area contributed by atoms with Gasteiger partial charge in [0.1, 0.15) is 0 Å². The summed E-state index contributed by atoms with van der Waals surface area (Å²) in [7, 11) is -7.04. The summed E-state index contributed by atoms with van der Waals surface area (Å²) in [5.41, 5.74) is 9.04. The average molecular weight is 1390 g/mol. The van der Waals surface area contributed by atoms with E-state index in [1.807, 2.05) is 121 Å². The van der Waals surface area contributed by atoms with Crippen LogP contribution in [-0.2, 0) is 16.2 Å². The highest BCUT2D eigenvalue weighted by atomic mass is 28.3. The number of rotatable bonds is 10. The number of benzene rings is 13. The summed E-state index contributed by atoms with van der Waals surface area (Å²) in [6, 6.07) is 41.4. The van der Waals surface area contributed by atoms with Gasteiger partial charge in [-0.05, 0) is 156 Å². The first-order valence-corrected chi connectivity index (χ1v) is 42.4. The monoisotopic (exact) mass is 1390 g/mol. The molecule has 103 heavy (non-hydrogen) atoms. The van der Waals surface area contributed by atoms with Gasteiger partial charge in [-0.2, -0.15) is 0 Å². The molecule has 0 spiro atoms. The molecule has 2 aliphatic rings. The first-order valence-electron chi connectivity index (χ1n) is 45.4. The van der Waals surface area contributed by atoms with Gasteiger partial charge in [0.15, 0.2) is 0 Å². The van der Waals surface area contributed by atoms with E-state index in [2.05, 4.69) is 148 Å². The van der Waals surface area contributed by atoms with Crippen molar-refractivity contribution >= 4 is 127 Å². The van der Waals surface area contributed by atoms with Crippen LogP contribution in [0.15, 0.2) is 279 Å². The fourth-order valence-corrected chi connectivity index (χ4v) is 18.6. The Balaban J connectivity index is 1.22. The molecule has 4 nitrogen and oxygen atoms in total. The van der Waals surface area contributed by atoms with Crippen molar-refractivity contribution in [3.63, 3.8) is 0 Å². The van der Waals surface area contributed by atoms with Crippen LogP contribution < -0.4 is 36.6 Å². The van der Waals surface area contributed by atoms with Crippen LogP contribution in [0.25, 0.3) is 99.5 Å². The van der Waals surface area contributed by atoms with Crippen LogP contribution in [0.4, 0.5) is 34.1 Å². The molecule has 0 radical (unpaired) electrons. The maximum atomic E-state index is 12.2. The number of hydrogen-bond donors (Lipinski definition) is 0. The van der Waals surface area contributed by atoms with Crippen molar-refractivity contribution in [1.29, 1.82) is 0 Å². The van der Waals surface area contributed by atoms with E-state index < -0.39 is 148 Å². The Kier molecular flexibility index (Phi) is 11.0. The summed E-state index contributed by atoms with van der Waals surface area (Å²) < 4.78 is 205. The Hall–Kier alpha value is -10.4. The molecule has 7 heteroatoms. The number of anilines is 6. The van der Waals surface area contributed by atoms with Crippen LogP contribution in [0.3, 0.4) is 0 Å². The number of para-hydroxylation sites is 4. The molecule has 0 saturated carbocycles. The molecule has 0 aliphatic carbocycles. The highest BCUT2D eigenvalue weighted by molar-refractivity contribution is 7.08. The van der Waals surface area contributed by atoms with Gasteiger partial charge in [0, 0.05) is 77.9 Å². The highest BCUT2D eigenvalue weighted by Gasteiger charge is 2.50. The van der Waals surface area contributed by atoms with Gasteiger partial charge < -0.3 is 18.9 Å². The molecule has 2 aliphatic heterocycles. The average Bonchev–Trinajstić information content (AvgIpc) is 1.34. The standard InChI is InChI=1S/C96H91BN4Si2/c1-94(2,3)66-52-75(62-36-20-16-21-37-62)92(76(53-66)63-38-22-17-23-39-63)100-83-56-68(96(7,8)9)57-84-89(83)97(90-85(100)58-69(60-87(90)102(10,11)12)98-79-48-32-28-44-71(79)72-45-29-33-49-80(72)98)91-86(59-70(61-88(91)103(13,14)15)99-81-50-34-30-46-73(81)74-47-31-35-51-82(74)99)101(84)93-77(64-40-24-18-25-41-64)54-67(95(4,5)6)55-78(93)65-42-26-19-27-43-65/h16-61H,1-15H3/i28D,29D,30D,31D,32D,33D,34D,35D,44D,45D,46D,47D,48D,49D,50D,51D,58D,59D,60D,61D. The van der Waals surface area contributed by atoms with Crippen molar-refractivity contribution in [2.75, 3.05) is 9.80 Å². The molecule has 0 saturated heterocycles. The van der Waals surface area contributed by atoms with Crippen LogP contribution >= 0.6 is 0 Å². The van der Waals surface area contributed by atoms with Gasteiger partial charge in [-0.1, -0.05) is 306 Å². The summed E-state index contributed by atoms with van der Waals surface area (Å²) in [5, 5.41) is -0.176. The van der Waals surface area contributed by atoms with E-state index in [1.165, 1.54) is 9.13 Å². The second kappa shape index (κ2) is 24.1. The topological polar surface area (TPSA) is 16.3 Å². The van der Waals surface area contributed by atoms with Gasteiger partial charge in [0.25, 0.3) is 6.71 Å². The third kappa shape index (κ3) is 10.9. The zero-order chi connectivity index (χ0) is 88.8. The molecular weight excluding hydrogens is 1280 g/mol. The SMILES string of the molecule is [2H]c1c2c(c([Si](C)(C)C)c([2H])c1-n1c3c([2H])c([2H])c([2H])c([2H])c3c3c([2H])c([2H])c([2H])c([2H])c31)B1c3c(cc(C(C)(C)C)cc3N(c3c(-c4ccccc4)cc(C(C)(C)C)cc3-c3ccccc3)c3c([2H])c(-n4c5c([2H])c([2H])c([2H])c([2H])c5c5c([2H])c([2H])c([2H])c([2H])c54)c([2H])c([Si](C)(C)C)c31)N2c1c(-c2ccccc2)cc(C(C)(C)C)cc1-c1ccccc1. The summed E-state index contributed by atoms with van der Waals surface area (Å²) >= 11 is 0. The number of fused-ring (bicyclic) bond motifs is 10. The Morgan fingerprint density at radius 2 is 0.573 bits per heavy atom. The summed E-state index contributed by atoms with van der Waals surface area (Å²) in [5.74, 6) is 0. The van der Waals surface area contributed by atoms with Crippen molar-refractivity contribution < 1.29 is 27.4 Å². The van der Waals surface area contributed by atoms with Crippen molar-refractivity contribution in [3.05, 3.63) is 295 Å². The Bertz CT molecular complexity index is 6450. The minimum atomic E-state index is -3.52. The van der Waals surface area contributed by atoms with Gasteiger partial charge in [0.05, 0.1) is 77.0 Å². The molecule has 506 valence electrons. The third-order valence-corrected chi connectivity index (χ3v) is 24.3. The number of aromatic nitrogens is 2. The van der Waals surface area contributed by atoms with Crippen LogP contribution in [0, 0.1) is 0 Å². The van der Waals surface area contributed by atoms with E-state index in [-0.39, 0.29) is 78.4 Å². The minimum absolute atomic E-state index is 0.171. The van der Waals surface area contributed by atoms with E-state index in [0.717, 1.165) is 38.9 Å². The second-order valence-corrected chi connectivity index (χ2v) is 42.6. The van der Waals surface area contributed by atoms with Gasteiger partial charge in [0.2, 0.25) is 0 Å². The lowest BCUT2D eigenvalue weighted by Crippen LogP contribution is -2.71. The minimum Gasteiger partial charge on any atom is -0.310 e. The van der Waals surface area contributed by atoms with Gasteiger partial charge in [-0.3, -0.25) is 0 Å². The third-order valence-electron chi connectivity index (χ3n) is 20.6. The van der Waals surface area contributed by atoms with Crippen molar-refractivity contribution in [1.82, 2.24) is 9.13 Å². The lowest BCUT2D eigenvalue weighted by molar-refractivity contribution is 0.590. The van der Waals surface area contributed by atoms with Crippen molar-refractivity contribution in [2.24, 2.45) is 0 Å². The van der Waals surface area contributed by atoms with Crippen LogP contribution in [0.2, 0.25) is 39.3 Å². The van der Waals surface area contributed by atoms with Gasteiger partial charge in [-0.25, -0.2) is 0 Å². The molecule has 13 aromatic carbocycles. The predicted octanol–water partition coefficient (Wildman–Crippen LogP) is 23.6. The van der Waals surface area contributed by atoms with Gasteiger partial charge >= 0.3 is 0 Å². The van der Waals surface area contributed by atoms with E-state index in [0.29, 0.717) is 71.8 Å². The molecule has 0 N–H and O–H groups in total. The van der Waals surface area contributed by atoms with Crippen LogP contribution in [0.5, 0.6) is 0 Å². The molecule has 4 heterocycles. The molecule has 0 unspecified atom stereocenters. The maximum Gasteiger partial charge on any atom is 0.251 e. The van der Waals surface area contributed by atoms with Crippen molar-refractivity contribution in [2.45, 2.75) is 118 Å². The summed E-state index contributed by atoms with van der Waals surface area (Å²) in [4.78, 5) is 4.30. The molecule has 0 atom stereocenters. The van der Waals surface area contributed by atoms with Crippen molar-refractivity contribution in [3.8, 4) is 55.9 Å². The first-order chi connectivity index (χ1) is 57.7. The van der Waals surface area contributed by atoms with Gasteiger partial charge in [-0.15, -0.1) is 0 Å². The fraction of sp³-hybridized carbons (Fsp3) is 0.188. The maximum absolute atomic E-state index is 12.2. The molecule has 0 fully saturated rings. The van der Waals surface area contributed by atoms with E-state index in [4.69, 9.17) is 0 Å². The largest absolute Gasteiger partial charge is 0.310 e. The number of hydrogen-bond acceptors (Lipinski definition) is 2. The second-order valence-electron chi connectivity index (χ2n) is 32.6. The smallest absolute Gasteiger partial charge is 0.251 e. The lowest BCUT2D eigenvalue weighted by Gasteiger charge is -2.49. The number of nitrogens with zero attached hydrogens (tertiary/aromatic N) is 4. The Morgan fingerprint density at radius 3 is 0.835 bits per heavy atom. The predicted molar refractivity (Wildman–Crippen MR) is 453 cm³/mol. The zero-order valence-electron chi connectivity index (χ0n) is 80.9. The lowest BCUT2D eigenvalue weighted by atomic mass is 9.33. The van der Waals surface area contributed by atoms with E-state index >= 15 is 0 Å². The normalized spacial score (nSPS) is 16.0. The zero-order valence-corrected chi connectivity index (χ0v) is 62.9. The van der Waals surface area contributed by atoms with E-state index in [9.17, 15) is 27.4 Å². The summed E-state index contributed by atoms with van der Waals surface area (Å²) in [6.45, 7) is 30.5.